The topological polar surface area (TPSA) is 61.8 Å². The molecule has 0 spiro atoms. The molecule has 3 rings (SSSR count). The smallest absolute Gasteiger partial charge is 0.193 e. The molecule has 29 heavy (non-hydrogen) atoms. The van der Waals surface area contributed by atoms with Crippen LogP contribution in [0.15, 0.2) is 64.5 Å². The minimum atomic E-state index is -3.70. The van der Waals surface area contributed by atoms with E-state index < -0.39 is 15.7 Å². The van der Waals surface area contributed by atoms with Gasteiger partial charge in [-0.15, -0.1) is 0 Å². The summed E-state index contributed by atoms with van der Waals surface area (Å²) in [5.74, 6) is 0.339. The van der Waals surface area contributed by atoms with Crippen LogP contribution in [0.4, 0.5) is 4.39 Å². The Labute approximate surface area is 172 Å². The largest absolute Gasteiger partial charge is 0.357 e. The van der Waals surface area contributed by atoms with Gasteiger partial charge in [0.25, 0.3) is 0 Å². The molecule has 0 radical (unpaired) electrons. The van der Waals surface area contributed by atoms with Crippen LogP contribution in [-0.2, 0) is 16.3 Å². The lowest BCUT2D eigenvalue weighted by Gasteiger charge is -2.21. The molecule has 0 bridgehead atoms. The van der Waals surface area contributed by atoms with Crippen LogP contribution in [0.1, 0.15) is 18.9 Å². The molecule has 5 nitrogen and oxygen atoms in total. The van der Waals surface area contributed by atoms with Crippen LogP contribution in [-0.4, -0.2) is 51.2 Å². The second kappa shape index (κ2) is 9.87. The van der Waals surface area contributed by atoms with Crippen LogP contribution >= 0.6 is 0 Å². The fraction of sp³-hybridized carbons (Fsp3) is 0.409. The van der Waals surface area contributed by atoms with E-state index in [1.807, 2.05) is 13.0 Å². The molecule has 2 aromatic carbocycles. The van der Waals surface area contributed by atoms with Crippen LogP contribution in [0, 0.1) is 11.7 Å². The van der Waals surface area contributed by atoms with Crippen LogP contribution in [0.5, 0.6) is 0 Å². The first-order valence-electron chi connectivity index (χ1n) is 10.0. The number of nitrogens with zero attached hydrogens (tertiary/aromatic N) is 2. The van der Waals surface area contributed by atoms with Crippen molar-refractivity contribution in [1.29, 1.82) is 0 Å². The summed E-state index contributed by atoms with van der Waals surface area (Å²) in [7, 11) is -3.70. The molecule has 0 aromatic heterocycles. The Balaban J connectivity index is 1.61. The van der Waals surface area contributed by atoms with Crippen LogP contribution in [0.25, 0.3) is 0 Å². The highest BCUT2D eigenvalue weighted by atomic mass is 32.2. The van der Waals surface area contributed by atoms with Gasteiger partial charge in [0, 0.05) is 19.6 Å². The standard InChI is InChI=1S/C22H28FN3O2S/c1-2-24-22(25-13-15-29(27,28)21-11-7-6-10-20(21)23)26-14-12-19(17-26)16-18-8-4-3-5-9-18/h3-11,19H,2,12-17H2,1H3,(H,24,25). The van der Waals surface area contributed by atoms with Gasteiger partial charge in [0.15, 0.2) is 15.8 Å². The van der Waals surface area contributed by atoms with Crippen molar-refractivity contribution in [3.8, 4) is 0 Å². The van der Waals surface area contributed by atoms with Gasteiger partial charge in [-0.05, 0) is 43.4 Å². The maximum atomic E-state index is 13.8. The average molecular weight is 418 g/mol. The first kappa shape index (κ1) is 21.3. The van der Waals surface area contributed by atoms with Gasteiger partial charge in [-0.3, -0.25) is 4.99 Å². The van der Waals surface area contributed by atoms with Crippen molar-refractivity contribution >= 4 is 15.8 Å². The zero-order chi connectivity index (χ0) is 20.7. The Kier molecular flexibility index (Phi) is 7.25. The molecule has 1 unspecified atom stereocenters. The maximum Gasteiger partial charge on any atom is 0.193 e. The third-order valence-electron chi connectivity index (χ3n) is 5.08. The van der Waals surface area contributed by atoms with Crippen molar-refractivity contribution in [2.75, 3.05) is 31.9 Å². The minimum Gasteiger partial charge on any atom is -0.357 e. The normalized spacial score (nSPS) is 17.5. The van der Waals surface area contributed by atoms with Gasteiger partial charge >= 0.3 is 0 Å². The predicted molar refractivity (Wildman–Crippen MR) is 114 cm³/mol. The van der Waals surface area contributed by atoms with Crippen molar-refractivity contribution in [2.45, 2.75) is 24.7 Å². The highest BCUT2D eigenvalue weighted by Crippen LogP contribution is 2.21. The molecule has 156 valence electrons. The van der Waals surface area contributed by atoms with Crippen molar-refractivity contribution in [2.24, 2.45) is 10.9 Å². The number of rotatable bonds is 7. The zero-order valence-electron chi connectivity index (χ0n) is 16.7. The Morgan fingerprint density at radius 3 is 2.62 bits per heavy atom. The molecule has 2 aromatic rings. The maximum absolute atomic E-state index is 13.8. The van der Waals surface area contributed by atoms with Gasteiger partial charge in [0.05, 0.1) is 12.3 Å². The Bertz CT molecular complexity index is 932. The summed E-state index contributed by atoms with van der Waals surface area (Å²) >= 11 is 0. The van der Waals surface area contributed by atoms with Gasteiger partial charge in [0.2, 0.25) is 0 Å². The Morgan fingerprint density at radius 1 is 1.17 bits per heavy atom. The second-order valence-corrected chi connectivity index (χ2v) is 9.35. The van der Waals surface area contributed by atoms with E-state index in [1.54, 1.807) is 0 Å². The van der Waals surface area contributed by atoms with Crippen LogP contribution in [0.3, 0.4) is 0 Å². The fourth-order valence-electron chi connectivity index (χ4n) is 3.64. The third kappa shape index (κ3) is 5.79. The number of sulfone groups is 1. The summed E-state index contributed by atoms with van der Waals surface area (Å²) < 4.78 is 38.7. The lowest BCUT2D eigenvalue weighted by atomic mass is 9.99. The van der Waals surface area contributed by atoms with Crippen molar-refractivity contribution in [1.82, 2.24) is 10.2 Å². The Morgan fingerprint density at radius 2 is 1.90 bits per heavy atom. The third-order valence-corrected chi connectivity index (χ3v) is 6.80. The number of hydrogen-bond acceptors (Lipinski definition) is 3. The predicted octanol–water partition coefficient (Wildman–Crippen LogP) is 3.13. The van der Waals surface area contributed by atoms with Gasteiger partial charge in [0.1, 0.15) is 10.7 Å². The van der Waals surface area contributed by atoms with E-state index in [-0.39, 0.29) is 17.2 Å². The first-order chi connectivity index (χ1) is 14.0. The van der Waals surface area contributed by atoms with E-state index >= 15 is 0 Å². The second-order valence-electron chi connectivity index (χ2n) is 7.28. The molecule has 1 aliphatic rings. The highest BCUT2D eigenvalue weighted by Gasteiger charge is 2.25. The van der Waals surface area contributed by atoms with E-state index in [4.69, 9.17) is 0 Å². The molecule has 1 saturated heterocycles. The summed E-state index contributed by atoms with van der Waals surface area (Å²) in [6, 6.07) is 15.9. The molecule has 0 amide bonds. The van der Waals surface area contributed by atoms with Crippen molar-refractivity contribution in [3.63, 3.8) is 0 Å². The number of aliphatic imine (C=N–C) groups is 1. The number of guanidine groups is 1. The zero-order valence-corrected chi connectivity index (χ0v) is 17.5. The van der Waals surface area contributed by atoms with Gasteiger partial charge in [-0.25, -0.2) is 12.8 Å². The van der Waals surface area contributed by atoms with E-state index in [0.717, 1.165) is 38.0 Å². The number of likely N-dealkylation sites (tertiary alicyclic amines) is 1. The minimum absolute atomic E-state index is 0.0961. The molecule has 1 N–H and O–H groups in total. The molecule has 0 aliphatic carbocycles. The van der Waals surface area contributed by atoms with Crippen LogP contribution in [0.2, 0.25) is 0 Å². The number of benzene rings is 2. The average Bonchev–Trinajstić information content (AvgIpc) is 3.16. The molecular formula is C22H28FN3O2S. The quantitative estimate of drug-likeness (QED) is 0.555. The van der Waals surface area contributed by atoms with E-state index in [2.05, 4.69) is 39.5 Å². The molecule has 1 aliphatic heterocycles. The van der Waals surface area contributed by atoms with E-state index in [0.29, 0.717) is 12.5 Å². The molecule has 1 atom stereocenters. The lowest BCUT2D eigenvalue weighted by Crippen LogP contribution is -2.40. The van der Waals surface area contributed by atoms with Crippen molar-refractivity contribution < 1.29 is 12.8 Å². The summed E-state index contributed by atoms with van der Waals surface area (Å²) in [4.78, 5) is 6.43. The van der Waals surface area contributed by atoms with Gasteiger partial charge in [-0.2, -0.15) is 0 Å². The monoisotopic (exact) mass is 417 g/mol. The fourth-order valence-corrected chi connectivity index (χ4v) is 4.85. The molecule has 1 fully saturated rings. The Hall–Kier alpha value is -2.41. The molecule has 1 heterocycles. The van der Waals surface area contributed by atoms with E-state index in [1.165, 1.54) is 23.8 Å². The molecule has 7 heteroatoms. The summed E-state index contributed by atoms with van der Waals surface area (Å²) in [6.07, 6.45) is 2.10. The highest BCUT2D eigenvalue weighted by molar-refractivity contribution is 7.91. The van der Waals surface area contributed by atoms with E-state index in [9.17, 15) is 12.8 Å². The molecular weight excluding hydrogens is 389 g/mol. The summed E-state index contributed by atoms with van der Waals surface area (Å²) in [5, 5.41) is 3.25. The van der Waals surface area contributed by atoms with Crippen LogP contribution < -0.4 is 5.32 Å². The van der Waals surface area contributed by atoms with Gasteiger partial charge in [-0.1, -0.05) is 42.5 Å². The number of hydrogen-bond donors (Lipinski definition) is 1. The number of nitrogens with one attached hydrogen (secondary N) is 1. The first-order valence-corrected chi connectivity index (χ1v) is 11.7. The van der Waals surface area contributed by atoms with Crippen molar-refractivity contribution in [3.05, 3.63) is 66.0 Å². The number of halogens is 1. The molecule has 0 saturated carbocycles. The summed E-state index contributed by atoms with van der Waals surface area (Å²) in [6.45, 7) is 4.57. The van der Waals surface area contributed by atoms with Gasteiger partial charge < -0.3 is 10.2 Å². The lowest BCUT2D eigenvalue weighted by molar-refractivity contribution is 0.460. The SMILES string of the molecule is CCNC(=NCCS(=O)(=O)c1ccccc1F)N1CCC(Cc2ccccc2)C1. The summed E-state index contributed by atoms with van der Waals surface area (Å²) in [5.41, 5.74) is 1.33.